The second-order valence-electron chi connectivity index (χ2n) is 7.98. The molecular weight excluding hydrogens is 507 g/mol. The van der Waals surface area contributed by atoms with E-state index in [1.165, 1.54) is 12.1 Å². The molecule has 1 unspecified atom stereocenters. The Morgan fingerprint density at radius 2 is 2.06 bits per heavy atom. The Hall–Kier alpha value is -2.01. The molecule has 2 aliphatic rings. The maximum Gasteiger partial charge on any atom is 0.193 e. The van der Waals surface area contributed by atoms with E-state index in [-0.39, 0.29) is 24.0 Å². The molecule has 0 radical (unpaired) electrons. The average molecular weight is 540 g/mol. The number of anilines is 1. The molecule has 31 heavy (non-hydrogen) atoms. The van der Waals surface area contributed by atoms with Gasteiger partial charge < -0.3 is 24.4 Å². The molecule has 3 heterocycles. The Kier molecular flexibility index (Phi) is 8.82. The lowest BCUT2D eigenvalue weighted by atomic mass is 10.1. The summed E-state index contributed by atoms with van der Waals surface area (Å²) in [5.41, 5.74) is 2.23. The summed E-state index contributed by atoms with van der Waals surface area (Å²) in [5, 5.41) is 7.63. The number of piperazine rings is 1. The molecule has 2 fully saturated rings. The molecule has 2 saturated heterocycles. The van der Waals surface area contributed by atoms with Crippen LogP contribution < -0.4 is 15.0 Å². The zero-order valence-electron chi connectivity index (χ0n) is 18.4. The Labute approximate surface area is 201 Å². The van der Waals surface area contributed by atoms with E-state index in [9.17, 15) is 0 Å². The smallest absolute Gasteiger partial charge is 0.193 e. The summed E-state index contributed by atoms with van der Waals surface area (Å²) < 4.78 is 10.3. The maximum atomic E-state index is 5.37. The van der Waals surface area contributed by atoms with E-state index in [1.54, 1.807) is 13.4 Å². The highest BCUT2D eigenvalue weighted by molar-refractivity contribution is 14.0. The van der Waals surface area contributed by atoms with Crippen molar-refractivity contribution >= 4 is 35.6 Å². The Morgan fingerprint density at radius 1 is 1.23 bits per heavy atom. The van der Waals surface area contributed by atoms with Crippen molar-refractivity contribution in [2.45, 2.75) is 13.0 Å². The van der Waals surface area contributed by atoms with Gasteiger partial charge in [-0.15, -0.1) is 24.0 Å². The van der Waals surface area contributed by atoms with E-state index in [0.717, 1.165) is 69.8 Å². The van der Waals surface area contributed by atoms with Gasteiger partial charge in [-0.2, -0.15) is 0 Å². The molecule has 2 aliphatic heterocycles. The van der Waals surface area contributed by atoms with Crippen LogP contribution in [0.2, 0.25) is 0 Å². The molecular formula is C22H33IN6O2. The summed E-state index contributed by atoms with van der Waals surface area (Å²) in [4.78, 5) is 11.7. The molecule has 0 saturated carbocycles. The standard InChI is InChI=1S/C22H32N6O2.HI/c1-23-22(27-11-9-26(10-12-27)17-19-7-13-30-25-19)24-15-18-6-8-28(16-18)20-4-3-5-21(14-20)29-2;/h3-5,7,13-14,18H,6,8-12,15-17H2,1-2H3,(H,23,24);1H. The number of hydrogen-bond donors (Lipinski definition) is 1. The van der Waals surface area contributed by atoms with Gasteiger partial charge in [-0.25, -0.2) is 0 Å². The highest BCUT2D eigenvalue weighted by atomic mass is 127. The zero-order valence-corrected chi connectivity index (χ0v) is 20.7. The molecule has 0 bridgehead atoms. The number of nitrogens with zero attached hydrogens (tertiary/aromatic N) is 5. The fourth-order valence-electron chi connectivity index (χ4n) is 4.27. The summed E-state index contributed by atoms with van der Waals surface area (Å²) in [5.74, 6) is 2.54. The van der Waals surface area contributed by atoms with Crippen LogP contribution in [0.4, 0.5) is 5.69 Å². The number of aliphatic imine (C=N–C) groups is 1. The van der Waals surface area contributed by atoms with Crippen LogP contribution >= 0.6 is 24.0 Å². The van der Waals surface area contributed by atoms with E-state index in [1.807, 2.05) is 19.2 Å². The van der Waals surface area contributed by atoms with Crippen LogP contribution in [-0.4, -0.2) is 80.9 Å². The molecule has 1 atom stereocenters. The van der Waals surface area contributed by atoms with Gasteiger partial charge in [0.15, 0.2) is 5.96 Å². The predicted molar refractivity (Wildman–Crippen MR) is 133 cm³/mol. The number of rotatable bonds is 6. The van der Waals surface area contributed by atoms with Crippen LogP contribution in [0.15, 0.2) is 46.1 Å². The molecule has 0 amide bonds. The fraction of sp³-hybridized carbons (Fsp3) is 0.545. The van der Waals surface area contributed by atoms with E-state index in [0.29, 0.717) is 5.92 Å². The number of benzene rings is 1. The topological polar surface area (TPSA) is 69.4 Å². The van der Waals surface area contributed by atoms with E-state index < -0.39 is 0 Å². The highest BCUT2D eigenvalue weighted by Gasteiger charge is 2.25. The van der Waals surface area contributed by atoms with Crippen molar-refractivity contribution in [3.63, 3.8) is 0 Å². The molecule has 1 N–H and O–H groups in total. The van der Waals surface area contributed by atoms with Crippen LogP contribution in [0.3, 0.4) is 0 Å². The van der Waals surface area contributed by atoms with E-state index >= 15 is 0 Å². The van der Waals surface area contributed by atoms with Gasteiger partial charge in [0, 0.05) is 77.2 Å². The minimum Gasteiger partial charge on any atom is -0.497 e. The maximum absolute atomic E-state index is 5.37. The summed E-state index contributed by atoms with van der Waals surface area (Å²) >= 11 is 0. The third-order valence-electron chi connectivity index (χ3n) is 6.01. The van der Waals surface area contributed by atoms with Gasteiger partial charge in [0.2, 0.25) is 0 Å². The number of methoxy groups -OCH3 is 1. The summed E-state index contributed by atoms with van der Waals surface area (Å²) in [7, 11) is 3.59. The summed E-state index contributed by atoms with van der Waals surface area (Å²) in [6.07, 6.45) is 2.82. The predicted octanol–water partition coefficient (Wildman–Crippen LogP) is 2.52. The van der Waals surface area contributed by atoms with Crippen molar-refractivity contribution < 1.29 is 9.26 Å². The van der Waals surface area contributed by atoms with Gasteiger partial charge in [0.1, 0.15) is 12.0 Å². The minimum absolute atomic E-state index is 0. The van der Waals surface area contributed by atoms with Gasteiger partial charge in [-0.3, -0.25) is 9.89 Å². The van der Waals surface area contributed by atoms with Gasteiger partial charge in [-0.1, -0.05) is 11.2 Å². The van der Waals surface area contributed by atoms with Crippen LogP contribution in [0, 0.1) is 5.92 Å². The van der Waals surface area contributed by atoms with Crippen molar-refractivity contribution in [2.24, 2.45) is 10.9 Å². The normalized spacial score (nSPS) is 19.9. The third kappa shape index (κ3) is 6.25. The van der Waals surface area contributed by atoms with Crippen LogP contribution in [0.1, 0.15) is 12.1 Å². The number of halogens is 1. The minimum atomic E-state index is 0. The molecule has 0 aliphatic carbocycles. The molecule has 170 valence electrons. The van der Waals surface area contributed by atoms with E-state index in [4.69, 9.17) is 9.26 Å². The van der Waals surface area contributed by atoms with Crippen molar-refractivity contribution in [3.8, 4) is 5.75 Å². The Morgan fingerprint density at radius 3 is 2.77 bits per heavy atom. The molecule has 0 spiro atoms. The van der Waals surface area contributed by atoms with Gasteiger partial charge in [-0.05, 0) is 24.5 Å². The quantitative estimate of drug-likeness (QED) is 0.343. The number of hydrogen-bond acceptors (Lipinski definition) is 6. The summed E-state index contributed by atoms with van der Waals surface area (Å²) in [6, 6.07) is 10.3. The van der Waals surface area contributed by atoms with Crippen molar-refractivity contribution in [1.29, 1.82) is 0 Å². The number of aromatic nitrogens is 1. The molecule has 2 aromatic rings. The van der Waals surface area contributed by atoms with Gasteiger partial charge >= 0.3 is 0 Å². The van der Waals surface area contributed by atoms with Crippen LogP contribution in [0.5, 0.6) is 5.75 Å². The van der Waals surface area contributed by atoms with Gasteiger partial charge in [0.05, 0.1) is 12.8 Å². The van der Waals surface area contributed by atoms with Crippen LogP contribution in [-0.2, 0) is 6.54 Å². The Balaban J connectivity index is 0.00000272. The lowest BCUT2D eigenvalue weighted by Crippen LogP contribution is -2.52. The molecule has 9 heteroatoms. The lowest BCUT2D eigenvalue weighted by Gasteiger charge is -2.36. The number of guanidine groups is 1. The first-order valence-electron chi connectivity index (χ1n) is 10.7. The summed E-state index contributed by atoms with van der Waals surface area (Å²) in [6.45, 7) is 7.88. The molecule has 1 aromatic carbocycles. The van der Waals surface area contributed by atoms with Gasteiger partial charge in [0.25, 0.3) is 0 Å². The monoisotopic (exact) mass is 540 g/mol. The van der Waals surface area contributed by atoms with Crippen molar-refractivity contribution in [1.82, 2.24) is 20.3 Å². The Bertz CT molecular complexity index is 823. The average Bonchev–Trinajstić information content (AvgIpc) is 3.47. The van der Waals surface area contributed by atoms with Crippen molar-refractivity contribution in [3.05, 3.63) is 42.3 Å². The zero-order chi connectivity index (χ0) is 20.8. The third-order valence-corrected chi connectivity index (χ3v) is 6.01. The first-order valence-corrected chi connectivity index (χ1v) is 10.7. The second kappa shape index (κ2) is 11.6. The van der Waals surface area contributed by atoms with E-state index in [2.05, 4.69) is 48.4 Å². The lowest BCUT2D eigenvalue weighted by molar-refractivity contribution is 0.169. The first kappa shape index (κ1) is 23.6. The molecule has 4 rings (SSSR count). The first-order chi connectivity index (χ1) is 14.7. The molecule has 1 aromatic heterocycles. The second-order valence-corrected chi connectivity index (χ2v) is 7.98. The highest BCUT2D eigenvalue weighted by Crippen LogP contribution is 2.26. The fourth-order valence-corrected chi connectivity index (χ4v) is 4.27. The largest absolute Gasteiger partial charge is 0.497 e. The SMILES string of the molecule is CN=C(NCC1CCN(c2cccc(OC)c2)C1)N1CCN(Cc2ccon2)CC1.I. The number of nitrogens with one attached hydrogen (secondary N) is 1. The van der Waals surface area contributed by atoms with Crippen LogP contribution in [0.25, 0.3) is 0 Å². The van der Waals surface area contributed by atoms with Crippen molar-refractivity contribution in [2.75, 3.05) is 64.9 Å². The number of ether oxygens (including phenoxy) is 1. The molecule has 8 nitrogen and oxygen atoms in total.